The first-order chi connectivity index (χ1) is 10.1. The predicted molar refractivity (Wildman–Crippen MR) is 88.6 cm³/mol. The smallest absolute Gasteiger partial charge is 0.314 e. The number of allylic oxidation sites excluding steroid dienone is 1. The summed E-state index contributed by atoms with van der Waals surface area (Å²) in [6, 6.07) is 6.00. The number of rotatable bonds is 3. The van der Waals surface area contributed by atoms with E-state index in [0.717, 1.165) is 24.1 Å². The van der Waals surface area contributed by atoms with Gasteiger partial charge in [0.2, 0.25) is 0 Å². The number of carbonyl (C=O) groups is 1. The number of urea groups is 1. The van der Waals surface area contributed by atoms with Gasteiger partial charge in [0, 0.05) is 11.9 Å². The van der Waals surface area contributed by atoms with Gasteiger partial charge in [-0.2, -0.15) is 0 Å². The topological polar surface area (TPSA) is 41.1 Å². The number of benzene rings is 1. The van der Waals surface area contributed by atoms with Crippen LogP contribution < -0.4 is 10.6 Å². The van der Waals surface area contributed by atoms with Gasteiger partial charge < -0.3 is 10.6 Å². The van der Waals surface area contributed by atoms with E-state index >= 15 is 0 Å². The van der Waals surface area contributed by atoms with Gasteiger partial charge in [0.25, 0.3) is 0 Å². The summed E-state index contributed by atoms with van der Waals surface area (Å²) < 4.78 is 0. The van der Waals surface area contributed by atoms with Crippen LogP contribution in [0.15, 0.2) is 30.0 Å². The first-order valence-corrected chi connectivity index (χ1v) is 7.93. The molecule has 21 heavy (non-hydrogen) atoms. The Hall–Kier alpha value is -1.77. The van der Waals surface area contributed by atoms with Gasteiger partial charge in [0.1, 0.15) is 0 Å². The van der Waals surface area contributed by atoms with E-state index in [1.165, 1.54) is 30.4 Å². The van der Waals surface area contributed by atoms with E-state index in [2.05, 4.69) is 30.5 Å². The van der Waals surface area contributed by atoms with Crippen LogP contribution in [0.1, 0.15) is 63.0 Å². The largest absolute Gasteiger partial charge is 0.323 e. The molecule has 1 aliphatic carbocycles. The molecule has 0 aromatic heterocycles. The van der Waals surface area contributed by atoms with E-state index in [1.54, 1.807) is 0 Å². The molecular weight excluding hydrogens is 260 g/mol. The lowest BCUT2D eigenvalue weighted by molar-refractivity contribution is 0.255. The molecule has 1 saturated carbocycles. The lowest BCUT2D eigenvalue weighted by Crippen LogP contribution is -2.25. The van der Waals surface area contributed by atoms with Crippen LogP contribution >= 0.6 is 0 Å². The van der Waals surface area contributed by atoms with Gasteiger partial charge >= 0.3 is 6.03 Å². The molecule has 2 amide bonds. The SMILES string of the molecule is Cc1cccc(C(C)C)c1NC(=O)NC=C1CCCCC1. The predicted octanol–water partition coefficient (Wildman–Crippen LogP) is 5.09. The maximum Gasteiger partial charge on any atom is 0.323 e. The van der Waals surface area contributed by atoms with Crippen LogP contribution in [0.3, 0.4) is 0 Å². The highest BCUT2D eigenvalue weighted by Crippen LogP contribution is 2.27. The van der Waals surface area contributed by atoms with Crippen LogP contribution in [-0.4, -0.2) is 6.03 Å². The molecule has 114 valence electrons. The molecule has 0 unspecified atom stereocenters. The van der Waals surface area contributed by atoms with Gasteiger partial charge in [-0.15, -0.1) is 0 Å². The van der Waals surface area contributed by atoms with E-state index < -0.39 is 0 Å². The second-order valence-electron chi connectivity index (χ2n) is 6.16. The fraction of sp³-hybridized carbons (Fsp3) is 0.500. The molecule has 0 heterocycles. The Bertz CT molecular complexity index is 524. The highest BCUT2D eigenvalue weighted by Gasteiger charge is 2.11. The molecule has 1 fully saturated rings. The molecule has 1 aromatic carbocycles. The normalized spacial score (nSPS) is 15.0. The second-order valence-corrected chi connectivity index (χ2v) is 6.16. The monoisotopic (exact) mass is 286 g/mol. The molecule has 0 radical (unpaired) electrons. The number of hydrogen-bond acceptors (Lipinski definition) is 1. The van der Waals surface area contributed by atoms with Crippen molar-refractivity contribution >= 4 is 11.7 Å². The third-order valence-electron chi connectivity index (χ3n) is 4.07. The Morgan fingerprint density at radius 2 is 1.90 bits per heavy atom. The summed E-state index contributed by atoms with van der Waals surface area (Å²) in [5.41, 5.74) is 4.56. The van der Waals surface area contributed by atoms with Crippen LogP contribution in [0.5, 0.6) is 0 Å². The summed E-state index contributed by atoms with van der Waals surface area (Å²) in [7, 11) is 0. The quantitative estimate of drug-likeness (QED) is 0.798. The van der Waals surface area contributed by atoms with Crippen LogP contribution in [0.2, 0.25) is 0 Å². The summed E-state index contributed by atoms with van der Waals surface area (Å²) >= 11 is 0. The highest BCUT2D eigenvalue weighted by molar-refractivity contribution is 5.91. The van der Waals surface area contributed by atoms with E-state index in [9.17, 15) is 4.79 Å². The summed E-state index contributed by atoms with van der Waals surface area (Å²) in [6.45, 7) is 6.31. The molecule has 2 N–H and O–H groups in total. The molecule has 2 rings (SSSR count). The zero-order valence-electron chi connectivity index (χ0n) is 13.3. The Kier molecular flexibility index (Phi) is 5.43. The fourth-order valence-electron chi connectivity index (χ4n) is 2.81. The van der Waals surface area contributed by atoms with Gasteiger partial charge in [0.05, 0.1) is 0 Å². The third kappa shape index (κ3) is 4.35. The molecule has 0 aliphatic heterocycles. The first kappa shape index (κ1) is 15.6. The molecule has 1 aromatic rings. The van der Waals surface area contributed by atoms with Crippen LogP contribution in [0.25, 0.3) is 0 Å². The van der Waals surface area contributed by atoms with Gasteiger partial charge in [-0.25, -0.2) is 4.79 Å². The number of para-hydroxylation sites is 1. The molecule has 0 atom stereocenters. The summed E-state index contributed by atoms with van der Waals surface area (Å²) in [4.78, 5) is 12.1. The van der Waals surface area contributed by atoms with Crippen LogP contribution in [0.4, 0.5) is 10.5 Å². The number of aryl methyl sites for hydroxylation is 1. The van der Waals surface area contributed by atoms with E-state index in [1.807, 2.05) is 25.3 Å². The van der Waals surface area contributed by atoms with E-state index in [0.29, 0.717) is 5.92 Å². The minimum atomic E-state index is -0.149. The fourth-order valence-corrected chi connectivity index (χ4v) is 2.81. The second kappa shape index (κ2) is 7.30. The minimum Gasteiger partial charge on any atom is -0.314 e. The minimum absolute atomic E-state index is 0.149. The van der Waals surface area contributed by atoms with Gasteiger partial charge in [-0.1, -0.05) is 44.0 Å². The molecule has 3 heteroatoms. The average Bonchev–Trinajstić information content (AvgIpc) is 2.48. The summed E-state index contributed by atoms with van der Waals surface area (Å²) in [5.74, 6) is 0.386. The number of carbonyl (C=O) groups excluding carboxylic acids is 1. The van der Waals surface area contributed by atoms with Crippen molar-refractivity contribution in [3.05, 3.63) is 41.1 Å². The lowest BCUT2D eigenvalue weighted by atomic mass is 9.96. The summed E-state index contributed by atoms with van der Waals surface area (Å²) in [5, 5.41) is 5.89. The van der Waals surface area contributed by atoms with E-state index in [4.69, 9.17) is 0 Å². The maximum absolute atomic E-state index is 12.1. The number of amides is 2. The van der Waals surface area contributed by atoms with E-state index in [-0.39, 0.29) is 6.03 Å². The first-order valence-electron chi connectivity index (χ1n) is 7.93. The van der Waals surface area contributed by atoms with Gasteiger partial charge in [-0.3, -0.25) is 0 Å². The maximum atomic E-state index is 12.1. The Labute approximate surface area is 127 Å². The number of anilines is 1. The van der Waals surface area contributed by atoms with Crippen LogP contribution in [0, 0.1) is 6.92 Å². The van der Waals surface area contributed by atoms with Crippen molar-refractivity contribution in [1.29, 1.82) is 0 Å². The van der Waals surface area contributed by atoms with Gasteiger partial charge in [0.15, 0.2) is 0 Å². The van der Waals surface area contributed by atoms with Crippen molar-refractivity contribution < 1.29 is 4.79 Å². The van der Waals surface area contributed by atoms with Crippen molar-refractivity contribution in [3.63, 3.8) is 0 Å². The molecule has 0 bridgehead atoms. The Morgan fingerprint density at radius 1 is 1.19 bits per heavy atom. The molecular formula is C18H26N2O. The molecule has 3 nitrogen and oxygen atoms in total. The Balaban J connectivity index is 2.02. The van der Waals surface area contributed by atoms with Crippen LogP contribution in [-0.2, 0) is 0 Å². The lowest BCUT2D eigenvalue weighted by Gasteiger charge is -2.17. The van der Waals surface area contributed by atoms with Crippen molar-refractivity contribution in [2.75, 3.05) is 5.32 Å². The average molecular weight is 286 g/mol. The van der Waals surface area contributed by atoms with Crippen molar-refractivity contribution in [1.82, 2.24) is 5.32 Å². The molecule has 0 spiro atoms. The molecule has 0 saturated heterocycles. The molecule has 1 aliphatic rings. The van der Waals surface area contributed by atoms with Gasteiger partial charge in [-0.05, 0) is 49.7 Å². The van der Waals surface area contributed by atoms with Crippen molar-refractivity contribution in [2.45, 2.75) is 58.8 Å². The zero-order chi connectivity index (χ0) is 15.2. The van der Waals surface area contributed by atoms with Crippen molar-refractivity contribution in [2.24, 2.45) is 0 Å². The number of hydrogen-bond donors (Lipinski definition) is 2. The van der Waals surface area contributed by atoms with Crippen molar-refractivity contribution in [3.8, 4) is 0 Å². The Morgan fingerprint density at radius 3 is 2.57 bits per heavy atom. The standard InChI is InChI=1S/C18H26N2O/c1-13(2)16-11-7-8-14(3)17(16)20-18(21)19-12-15-9-5-4-6-10-15/h7-8,11-13H,4-6,9-10H2,1-3H3,(H2,19,20,21). The zero-order valence-corrected chi connectivity index (χ0v) is 13.3. The third-order valence-corrected chi connectivity index (χ3v) is 4.07. The highest BCUT2D eigenvalue weighted by atomic mass is 16.2. The number of nitrogens with one attached hydrogen (secondary N) is 2. The summed E-state index contributed by atoms with van der Waals surface area (Å²) in [6.07, 6.45) is 7.91.